The smallest absolute Gasteiger partial charge is 0.313 e. The summed E-state index contributed by atoms with van der Waals surface area (Å²) in [6, 6.07) is 0. The second-order valence-electron chi connectivity index (χ2n) is 2.77. The van der Waals surface area contributed by atoms with Crippen molar-refractivity contribution in [3.63, 3.8) is 0 Å². The molecule has 0 saturated carbocycles. The van der Waals surface area contributed by atoms with Gasteiger partial charge in [-0.05, 0) is 13.3 Å². The van der Waals surface area contributed by atoms with E-state index in [9.17, 15) is 9.70 Å². The molecule has 0 spiro atoms. The molecule has 1 rings (SSSR count). The quantitative estimate of drug-likeness (QED) is 0.548. The summed E-state index contributed by atoms with van der Waals surface area (Å²) in [6.45, 7) is 1.57. The lowest BCUT2D eigenvalue weighted by Crippen LogP contribution is -2.28. The molecule has 0 aliphatic carbocycles. The van der Waals surface area contributed by atoms with Crippen LogP contribution in [0.4, 0.5) is 0 Å². The van der Waals surface area contributed by atoms with Crippen molar-refractivity contribution in [2.75, 3.05) is 0 Å². The van der Waals surface area contributed by atoms with Crippen molar-refractivity contribution < 1.29 is 4.79 Å². The summed E-state index contributed by atoms with van der Waals surface area (Å²) in [5, 5.41) is 2.33. The Balaban J connectivity index is 2.85. The second-order valence-corrected chi connectivity index (χ2v) is 2.77. The van der Waals surface area contributed by atoms with E-state index < -0.39 is 11.4 Å². The van der Waals surface area contributed by atoms with Gasteiger partial charge in [-0.2, -0.15) is 0 Å². The molecule has 1 amide bonds. The average Bonchev–Trinajstić information content (AvgIpc) is 2.31. The van der Waals surface area contributed by atoms with Crippen molar-refractivity contribution in [1.29, 1.82) is 0 Å². The summed E-state index contributed by atoms with van der Waals surface area (Å²) in [5.41, 5.74) is 4.38. The Hall–Kier alpha value is -1.26. The lowest BCUT2D eigenvalue weighted by molar-refractivity contribution is -0.122. The molecule has 5 nitrogen and oxygen atoms in total. The number of nitroso groups, excluding NO2 is 1. The maximum absolute atomic E-state index is 10.8. The highest BCUT2D eigenvalue weighted by Crippen LogP contribution is 2.25. The van der Waals surface area contributed by atoms with Crippen LogP contribution in [0.25, 0.3) is 0 Å². The summed E-state index contributed by atoms with van der Waals surface area (Å²) < 4.78 is 0. The molecule has 5 heteroatoms. The Labute approximate surface area is 63.6 Å². The van der Waals surface area contributed by atoms with Crippen LogP contribution in [-0.4, -0.2) is 17.3 Å². The Bertz CT molecular complexity index is 236. The molecule has 60 valence electrons. The van der Waals surface area contributed by atoms with E-state index in [1.165, 1.54) is 0 Å². The lowest BCUT2D eigenvalue weighted by Gasteiger charge is -2.11. The van der Waals surface area contributed by atoms with Gasteiger partial charge in [0.2, 0.25) is 0 Å². The van der Waals surface area contributed by atoms with E-state index in [1.54, 1.807) is 6.92 Å². The maximum Gasteiger partial charge on any atom is 0.313 e. The van der Waals surface area contributed by atoms with Gasteiger partial charge in [0.1, 0.15) is 5.54 Å². The minimum Gasteiger partial charge on any atom is -0.387 e. The molecule has 1 heterocycles. The zero-order valence-electron chi connectivity index (χ0n) is 6.20. The van der Waals surface area contributed by atoms with Gasteiger partial charge in [0, 0.05) is 11.6 Å². The SMILES string of the molecule is CC1(C(=O)N=O)CCC(N)=N1. The zero-order valence-corrected chi connectivity index (χ0v) is 6.20. The monoisotopic (exact) mass is 155 g/mol. The van der Waals surface area contributed by atoms with Gasteiger partial charge in [-0.25, -0.2) is 0 Å². The number of amides is 1. The number of nitrogens with two attached hydrogens (primary N) is 1. The van der Waals surface area contributed by atoms with E-state index in [-0.39, 0.29) is 0 Å². The van der Waals surface area contributed by atoms with Gasteiger partial charge in [-0.1, -0.05) is 0 Å². The maximum atomic E-state index is 10.8. The third-order valence-corrected chi connectivity index (χ3v) is 1.80. The first kappa shape index (κ1) is 7.84. The van der Waals surface area contributed by atoms with E-state index in [0.29, 0.717) is 18.7 Å². The fraction of sp³-hybridized carbons (Fsp3) is 0.667. The van der Waals surface area contributed by atoms with Gasteiger partial charge in [0.25, 0.3) is 0 Å². The Morgan fingerprint density at radius 2 is 2.45 bits per heavy atom. The summed E-state index contributed by atoms with van der Waals surface area (Å²) in [5.74, 6) is -0.317. The first-order valence-electron chi connectivity index (χ1n) is 3.30. The highest BCUT2D eigenvalue weighted by molar-refractivity contribution is 5.94. The van der Waals surface area contributed by atoms with Crippen molar-refractivity contribution in [1.82, 2.24) is 0 Å². The topological polar surface area (TPSA) is 84.9 Å². The minimum atomic E-state index is -0.980. The largest absolute Gasteiger partial charge is 0.387 e. The Kier molecular flexibility index (Phi) is 1.72. The van der Waals surface area contributed by atoms with Crippen LogP contribution in [0.15, 0.2) is 10.2 Å². The van der Waals surface area contributed by atoms with Crippen LogP contribution in [0.5, 0.6) is 0 Å². The number of carbonyl (C=O) groups is 1. The molecule has 11 heavy (non-hydrogen) atoms. The van der Waals surface area contributed by atoms with Gasteiger partial charge in [-0.15, -0.1) is 4.91 Å². The van der Waals surface area contributed by atoms with Crippen LogP contribution in [0, 0.1) is 4.91 Å². The van der Waals surface area contributed by atoms with Crippen LogP contribution < -0.4 is 5.73 Å². The summed E-state index contributed by atoms with van der Waals surface area (Å²) in [6.07, 6.45) is 1.06. The number of amidine groups is 1. The van der Waals surface area contributed by atoms with E-state index in [0.717, 1.165) is 0 Å². The van der Waals surface area contributed by atoms with Gasteiger partial charge in [0.15, 0.2) is 0 Å². The first-order chi connectivity index (χ1) is 5.08. The van der Waals surface area contributed by atoms with Gasteiger partial charge in [-0.3, -0.25) is 9.79 Å². The van der Waals surface area contributed by atoms with E-state index in [1.807, 2.05) is 0 Å². The van der Waals surface area contributed by atoms with Gasteiger partial charge in [0.05, 0.1) is 5.84 Å². The van der Waals surface area contributed by atoms with Crippen LogP contribution in [0.3, 0.4) is 0 Å². The molecule has 0 aromatic rings. The van der Waals surface area contributed by atoms with E-state index in [4.69, 9.17) is 5.73 Å². The number of nitrogens with zero attached hydrogens (tertiary/aromatic N) is 2. The van der Waals surface area contributed by atoms with Crippen LogP contribution in [0.1, 0.15) is 19.8 Å². The number of aliphatic imine (C=N–C) groups is 1. The number of carbonyl (C=O) groups excluding carboxylic acids is 1. The normalized spacial score (nSPS) is 29.7. The van der Waals surface area contributed by atoms with Crippen molar-refractivity contribution >= 4 is 11.7 Å². The summed E-state index contributed by atoms with van der Waals surface area (Å²) in [7, 11) is 0. The van der Waals surface area contributed by atoms with Crippen molar-refractivity contribution in [3.8, 4) is 0 Å². The lowest BCUT2D eigenvalue weighted by atomic mass is 9.99. The average molecular weight is 155 g/mol. The fourth-order valence-electron chi connectivity index (χ4n) is 1.05. The van der Waals surface area contributed by atoms with Gasteiger partial charge < -0.3 is 5.73 Å². The molecule has 2 N–H and O–H groups in total. The first-order valence-corrected chi connectivity index (χ1v) is 3.30. The highest BCUT2D eigenvalue weighted by Gasteiger charge is 2.37. The number of rotatable bonds is 1. The Morgan fingerprint density at radius 3 is 2.82 bits per heavy atom. The minimum absolute atomic E-state index is 0.421. The predicted molar refractivity (Wildman–Crippen MR) is 40.1 cm³/mol. The third-order valence-electron chi connectivity index (χ3n) is 1.80. The molecule has 1 aliphatic heterocycles. The molecule has 0 aromatic heterocycles. The fourth-order valence-corrected chi connectivity index (χ4v) is 1.05. The van der Waals surface area contributed by atoms with Crippen LogP contribution >= 0.6 is 0 Å². The highest BCUT2D eigenvalue weighted by atomic mass is 16.3. The van der Waals surface area contributed by atoms with Crippen molar-refractivity contribution in [2.24, 2.45) is 15.9 Å². The van der Waals surface area contributed by atoms with E-state index in [2.05, 4.69) is 10.2 Å². The molecule has 1 aliphatic rings. The molecule has 0 bridgehead atoms. The predicted octanol–water partition coefficient (Wildman–Crippen LogP) is 0.189. The Morgan fingerprint density at radius 1 is 1.82 bits per heavy atom. The molecular weight excluding hydrogens is 146 g/mol. The summed E-state index contributed by atoms with van der Waals surface area (Å²) >= 11 is 0. The zero-order chi connectivity index (χ0) is 8.48. The third kappa shape index (κ3) is 1.26. The molecule has 0 radical (unpaired) electrons. The molecule has 1 atom stereocenters. The molecule has 0 fully saturated rings. The number of hydrogen-bond donors (Lipinski definition) is 1. The van der Waals surface area contributed by atoms with E-state index >= 15 is 0 Å². The standard InChI is InChI=1S/C6H9N3O2/c1-6(5(10)9-11)3-2-4(7)8-6/h2-3H2,1H3,(H2,7,8). The molecule has 0 saturated heterocycles. The summed E-state index contributed by atoms with van der Waals surface area (Å²) in [4.78, 5) is 24.6. The van der Waals surface area contributed by atoms with Crippen LogP contribution in [0.2, 0.25) is 0 Å². The number of hydrogen-bond acceptors (Lipinski definition) is 4. The van der Waals surface area contributed by atoms with Crippen molar-refractivity contribution in [3.05, 3.63) is 4.91 Å². The van der Waals surface area contributed by atoms with Crippen LogP contribution in [-0.2, 0) is 4.79 Å². The van der Waals surface area contributed by atoms with Crippen molar-refractivity contribution in [2.45, 2.75) is 25.3 Å². The molecule has 1 unspecified atom stereocenters. The molecule has 0 aromatic carbocycles. The van der Waals surface area contributed by atoms with Gasteiger partial charge >= 0.3 is 5.91 Å². The molecular formula is C6H9N3O2. The second kappa shape index (κ2) is 2.41.